The maximum Gasteiger partial charge on any atom is 0.282 e. The van der Waals surface area contributed by atoms with E-state index in [1.54, 1.807) is 0 Å². The van der Waals surface area contributed by atoms with Gasteiger partial charge in [-0.2, -0.15) is 0 Å². The minimum Gasteiger partial charge on any atom is -0.420 e. The molecule has 15 atom stereocenters. The Kier molecular flexibility index (Phi) is 9.54. The Bertz CT molecular complexity index is 646. The Morgan fingerprint density at radius 1 is 0.588 bits per heavy atom. The minimum atomic E-state index is -1.55. The van der Waals surface area contributed by atoms with Gasteiger partial charge >= 0.3 is 0 Å². The van der Waals surface area contributed by atoms with Crippen molar-refractivity contribution in [3.63, 3.8) is 0 Å². The normalized spacial score (nSPS) is 52.5. The molecule has 3 saturated heterocycles. The highest BCUT2D eigenvalue weighted by molar-refractivity contribution is 4.98. The molecule has 200 valence electrons. The van der Waals surface area contributed by atoms with Gasteiger partial charge in [-0.25, -0.2) is 0 Å². The van der Waals surface area contributed by atoms with Crippen LogP contribution in [0.2, 0.25) is 0 Å². The van der Waals surface area contributed by atoms with Crippen LogP contribution in [-0.4, -0.2) is 153 Å². The predicted octanol–water partition coefficient (Wildman–Crippen LogP) is -7.94. The molecule has 3 aliphatic heterocycles. The third-order valence-electron chi connectivity index (χ3n) is 6.36. The third-order valence-corrected chi connectivity index (χ3v) is 6.36. The van der Waals surface area contributed by atoms with Gasteiger partial charge in [0, 0.05) is 0 Å². The van der Waals surface area contributed by atoms with Crippen LogP contribution in [-0.2, 0) is 23.7 Å². The molecule has 0 bridgehead atoms. The standard InChI is InChI=1S/C18H35N3O13/c19-7-12(27)14(5(2-23)30-16(7)29)33-18-9(21)13(28)15(6(3-24)32-18)34-17-8(20)11(26)10(25)4(1-22)31-17/h4-18,22-29H,1-3,19-21H2/p+1. The Labute approximate surface area is 194 Å². The van der Waals surface area contributed by atoms with Crippen molar-refractivity contribution in [2.75, 3.05) is 19.8 Å². The Morgan fingerprint density at radius 2 is 1.00 bits per heavy atom. The van der Waals surface area contributed by atoms with Gasteiger partial charge in [0.1, 0.15) is 61.0 Å². The maximum atomic E-state index is 10.8. The van der Waals surface area contributed by atoms with E-state index >= 15 is 0 Å². The van der Waals surface area contributed by atoms with Crippen molar-refractivity contribution in [2.45, 2.75) is 91.9 Å². The van der Waals surface area contributed by atoms with Crippen LogP contribution >= 0.6 is 0 Å². The van der Waals surface area contributed by atoms with Gasteiger partial charge in [0.05, 0.1) is 31.9 Å². The molecular weight excluding hydrogens is 466 g/mol. The first-order valence-electron chi connectivity index (χ1n) is 10.9. The van der Waals surface area contributed by atoms with E-state index in [0.29, 0.717) is 0 Å². The second kappa shape index (κ2) is 11.6. The second-order valence-electron chi connectivity index (χ2n) is 8.62. The molecule has 3 rings (SSSR count). The molecule has 16 nitrogen and oxygen atoms in total. The zero-order chi connectivity index (χ0) is 25.3. The zero-order valence-electron chi connectivity index (χ0n) is 18.2. The molecule has 34 heavy (non-hydrogen) atoms. The summed E-state index contributed by atoms with van der Waals surface area (Å²) in [5.41, 5.74) is 17.7. The molecule has 0 aromatic rings. The fourth-order valence-electron chi connectivity index (χ4n) is 4.20. The first kappa shape index (κ1) is 27.9. The third kappa shape index (κ3) is 5.37. The van der Waals surface area contributed by atoms with Crippen molar-refractivity contribution in [3.8, 4) is 0 Å². The molecule has 16 heteroatoms. The maximum absolute atomic E-state index is 10.8. The summed E-state index contributed by atoms with van der Waals surface area (Å²) in [6.45, 7) is -1.94. The van der Waals surface area contributed by atoms with E-state index in [0.717, 1.165) is 0 Å². The predicted molar refractivity (Wildman–Crippen MR) is 109 cm³/mol. The van der Waals surface area contributed by atoms with Gasteiger partial charge in [-0.05, 0) is 0 Å². The van der Waals surface area contributed by atoms with E-state index in [2.05, 4.69) is 0 Å². The summed E-state index contributed by atoms with van der Waals surface area (Å²) in [7, 11) is 0. The van der Waals surface area contributed by atoms with E-state index in [-0.39, 0.29) is 0 Å². The summed E-state index contributed by atoms with van der Waals surface area (Å²) in [4.78, 5) is 0. The van der Waals surface area contributed by atoms with Crippen molar-refractivity contribution < 1.29 is 64.5 Å². The van der Waals surface area contributed by atoms with Crippen LogP contribution in [0.5, 0.6) is 0 Å². The molecule has 0 radical (unpaired) electrons. The SMILES string of the molecule is NC1C(OC2C(CO)OC(OC3C(CO)OC([OH2+])C(N)C3O)C(N)C2O)OC(CO)C(O)C1O. The number of hydrogen-bond acceptors (Lipinski definition) is 15. The molecule has 3 heterocycles. The highest BCUT2D eigenvalue weighted by atomic mass is 16.7. The van der Waals surface area contributed by atoms with E-state index in [4.69, 9.17) is 46.0 Å². The highest BCUT2D eigenvalue weighted by Gasteiger charge is 2.52. The van der Waals surface area contributed by atoms with E-state index in [1.165, 1.54) is 0 Å². The van der Waals surface area contributed by atoms with Crippen molar-refractivity contribution in [1.82, 2.24) is 0 Å². The van der Waals surface area contributed by atoms with Crippen LogP contribution in [0, 0.1) is 0 Å². The molecule has 3 fully saturated rings. The lowest BCUT2D eigenvalue weighted by Crippen LogP contribution is -2.69. The quantitative estimate of drug-likeness (QED) is 0.145. The van der Waals surface area contributed by atoms with Crippen molar-refractivity contribution in [1.29, 1.82) is 0 Å². The molecule has 0 aliphatic carbocycles. The highest BCUT2D eigenvalue weighted by Crippen LogP contribution is 2.30. The topological polar surface area (TPSA) is 289 Å². The summed E-state index contributed by atoms with van der Waals surface area (Å²) in [5, 5.41) is 77.7. The molecule has 15 unspecified atom stereocenters. The second-order valence-corrected chi connectivity index (χ2v) is 8.62. The number of hydrogen-bond donors (Lipinski definition) is 10. The number of ether oxygens (including phenoxy) is 5. The van der Waals surface area contributed by atoms with Gasteiger partial charge in [0.25, 0.3) is 6.29 Å². The first-order chi connectivity index (χ1) is 16.0. The van der Waals surface area contributed by atoms with Crippen LogP contribution in [0.3, 0.4) is 0 Å². The summed E-state index contributed by atoms with van der Waals surface area (Å²) in [6.07, 6.45) is -16.3. The van der Waals surface area contributed by atoms with E-state index in [1.807, 2.05) is 0 Å². The molecule has 0 spiro atoms. The Morgan fingerprint density at radius 3 is 1.50 bits per heavy atom. The van der Waals surface area contributed by atoms with Crippen LogP contribution < -0.4 is 17.2 Å². The minimum absolute atomic E-state index is 0.611. The number of aliphatic hydroxyl groups is 7. The molecule has 0 aromatic carbocycles. The van der Waals surface area contributed by atoms with Gasteiger partial charge in [-0.3, -0.25) is 0 Å². The molecule has 0 amide bonds. The lowest BCUT2D eigenvalue weighted by atomic mass is 9.94. The van der Waals surface area contributed by atoms with Crippen LogP contribution in [0.25, 0.3) is 0 Å². The lowest BCUT2D eigenvalue weighted by Gasteiger charge is -2.48. The van der Waals surface area contributed by atoms with Crippen LogP contribution in [0.15, 0.2) is 0 Å². The number of rotatable bonds is 7. The average molecular weight is 502 g/mol. The fraction of sp³-hybridized carbons (Fsp3) is 1.00. The van der Waals surface area contributed by atoms with Gasteiger partial charge in [0.2, 0.25) is 0 Å². The molecular formula is C18H36N3O13+. The van der Waals surface area contributed by atoms with Gasteiger partial charge in [0.15, 0.2) is 12.6 Å². The molecule has 15 N–H and O–H groups in total. The van der Waals surface area contributed by atoms with Gasteiger partial charge in [-0.15, -0.1) is 0 Å². The monoisotopic (exact) mass is 502 g/mol. The Balaban J connectivity index is 1.72. The summed E-state index contributed by atoms with van der Waals surface area (Å²) >= 11 is 0. The summed E-state index contributed by atoms with van der Waals surface area (Å²) in [5.74, 6) is 0. The molecule has 0 aromatic heterocycles. The van der Waals surface area contributed by atoms with E-state index < -0.39 is 112 Å². The molecule has 3 aliphatic rings. The van der Waals surface area contributed by atoms with Crippen LogP contribution in [0.1, 0.15) is 0 Å². The van der Waals surface area contributed by atoms with Crippen molar-refractivity contribution >= 4 is 0 Å². The van der Waals surface area contributed by atoms with Gasteiger partial charge in [-0.1, -0.05) is 0 Å². The fourth-order valence-corrected chi connectivity index (χ4v) is 4.20. The largest absolute Gasteiger partial charge is 0.420 e. The van der Waals surface area contributed by atoms with Crippen molar-refractivity contribution in [2.24, 2.45) is 17.2 Å². The number of aliphatic hydroxyl groups excluding tert-OH is 7. The van der Waals surface area contributed by atoms with Crippen molar-refractivity contribution in [3.05, 3.63) is 0 Å². The summed E-state index contributed by atoms with van der Waals surface area (Å²) in [6, 6.07) is -3.74. The lowest BCUT2D eigenvalue weighted by molar-refractivity contribution is -0.348. The average Bonchev–Trinajstić information content (AvgIpc) is 2.83. The zero-order valence-corrected chi connectivity index (χ0v) is 18.2. The van der Waals surface area contributed by atoms with Gasteiger partial charge < -0.3 is 81.7 Å². The first-order valence-corrected chi connectivity index (χ1v) is 10.9. The number of nitrogens with two attached hydrogens (primary N) is 3. The van der Waals surface area contributed by atoms with E-state index in [9.17, 15) is 35.7 Å². The van der Waals surface area contributed by atoms with Crippen LogP contribution in [0.4, 0.5) is 0 Å². The Hall–Kier alpha value is -0.640. The summed E-state index contributed by atoms with van der Waals surface area (Å²) < 4.78 is 27.6. The molecule has 0 saturated carbocycles. The smallest absolute Gasteiger partial charge is 0.282 e.